The van der Waals surface area contributed by atoms with Crippen LogP contribution in [-0.2, 0) is 0 Å². The van der Waals surface area contributed by atoms with E-state index in [2.05, 4.69) is 10.5 Å². The van der Waals surface area contributed by atoms with Crippen molar-refractivity contribution in [3.8, 4) is 5.69 Å². The summed E-state index contributed by atoms with van der Waals surface area (Å²) in [4.78, 5) is 11.5. The van der Waals surface area contributed by atoms with Gasteiger partial charge in [0.2, 0.25) is 0 Å². The number of aromatic nitrogens is 2. The van der Waals surface area contributed by atoms with Crippen molar-refractivity contribution < 1.29 is 4.79 Å². The quantitative estimate of drug-likeness (QED) is 0.504. The maximum Gasteiger partial charge on any atom is 0.268 e. The molecule has 0 spiro atoms. The first-order valence-corrected chi connectivity index (χ1v) is 5.81. The molecule has 0 aliphatic carbocycles. The van der Waals surface area contributed by atoms with Gasteiger partial charge in [-0.1, -0.05) is 23.2 Å². The van der Waals surface area contributed by atoms with Gasteiger partial charge in [0.1, 0.15) is 0 Å². The Labute approximate surface area is 113 Å². The van der Waals surface area contributed by atoms with Gasteiger partial charge in [0, 0.05) is 5.02 Å². The maximum absolute atomic E-state index is 11.5. The SMILES string of the molecule is Cc1c(C(=O)NN)cnn1-c1ccc(Cl)cc1Cl. The zero-order valence-corrected chi connectivity index (χ0v) is 11.0. The summed E-state index contributed by atoms with van der Waals surface area (Å²) in [7, 11) is 0. The molecule has 2 rings (SSSR count). The molecule has 0 bridgehead atoms. The van der Waals surface area contributed by atoms with Crippen molar-refractivity contribution in [2.75, 3.05) is 0 Å². The van der Waals surface area contributed by atoms with E-state index in [4.69, 9.17) is 29.0 Å². The third-order valence-corrected chi connectivity index (χ3v) is 3.06. The highest BCUT2D eigenvalue weighted by atomic mass is 35.5. The minimum atomic E-state index is -0.399. The molecule has 1 amide bonds. The number of amides is 1. The Hall–Kier alpha value is -1.56. The topological polar surface area (TPSA) is 72.9 Å². The van der Waals surface area contributed by atoms with E-state index in [1.807, 2.05) is 0 Å². The molecule has 0 radical (unpaired) electrons. The molecule has 0 unspecified atom stereocenters. The Balaban J connectivity index is 2.52. The Kier molecular flexibility index (Phi) is 3.56. The van der Waals surface area contributed by atoms with Gasteiger partial charge in [0.25, 0.3) is 5.91 Å². The van der Waals surface area contributed by atoms with Gasteiger partial charge in [-0.2, -0.15) is 5.10 Å². The van der Waals surface area contributed by atoms with Crippen molar-refractivity contribution in [3.05, 3.63) is 45.7 Å². The predicted molar refractivity (Wildman–Crippen MR) is 70.0 cm³/mol. The molecule has 2 aromatic rings. The summed E-state index contributed by atoms with van der Waals surface area (Å²) in [5, 5.41) is 5.11. The number of nitrogens with two attached hydrogens (primary N) is 1. The first-order valence-electron chi connectivity index (χ1n) is 5.05. The molecule has 0 atom stereocenters. The number of benzene rings is 1. The van der Waals surface area contributed by atoms with Crippen molar-refractivity contribution >= 4 is 29.1 Å². The monoisotopic (exact) mass is 284 g/mol. The van der Waals surface area contributed by atoms with E-state index >= 15 is 0 Å². The Morgan fingerprint density at radius 1 is 1.44 bits per heavy atom. The van der Waals surface area contributed by atoms with Gasteiger partial charge in [-0.15, -0.1) is 0 Å². The van der Waals surface area contributed by atoms with Crippen molar-refractivity contribution in [3.63, 3.8) is 0 Å². The molecule has 1 aromatic carbocycles. The third kappa shape index (κ3) is 2.20. The van der Waals surface area contributed by atoms with Crippen LogP contribution < -0.4 is 11.3 Å². The highest BCUT2D eigenvalue weighted by Crippen LogP contribution is 2.25. The van der Waals surface area contributed by atoms with Crippen molar-refractivity contribution in [2.24, 2.45) is 5.84 Å². The van der Waals surface area contributed by atoms with Crippen LogP contribution in [0.25, 0.3) is 5.69 Å². The van der Waals surface area contributed by atoms with E-state index in [0.717, 1.165) is 0 Å². The van der Waals surface area contributed by atoms with Crippen molar-refractivity contribution in [2.45, 2.75) is 6.92 Å². The normalized spacial score (nSPS) is 10.4. The first kappa shape index (κ1) is 12.9. The number of nitrogen functional groups attached to an aromatic ring is 1. The molecule has 0 fully saturated rings. The lowest BCUT2D eigenvalue weighted by atomic mass is 10.2. The van der Waals surface area contributed by atoms with Gasteiger partial charge in [-0.05, 0) is 25.1 Å². The van der Waals surface area contributed by atoms with Crippen molar-refractivity contribution in [1.29, 1.82) is 0 Å². The number of hydrazine groups is 1. The Morgan fingerprint density at radius 2 is 2.17 bits per heavy atom. The standard InChI is InChI=1S/C11H10Cl2N4O/c1-6-8(11(18)16-14)5-15-17(6)10-3-2-7(12)4-9(10)13/h2-5H,14H2,1H3,(H,16,18). The first-order chi connectivity index (χ1) is 8.54. The molecule has 5 nitrogen and oxygen atoms in total. The second kappa shape index (κ2) is 4.97. The summed E-state index contributed by atoms with van der Waals surface area (Å²) < 4.78 is 1.56. The summed E-state index contributed by atoms with van der Waals surface area (Å²) >= 11 is 11.9. The fourth-order valence-corrected chi connectivity index (χ4v) is 2.09. The fraction of sp³-hybridized carbons (Fsp3) is 0.0909. The van der Waals surface area contributed by atoms with Crippen LogP contribution in [0.1, 0.15) is 16.1 Å². The summed E-state index contributed by atoms with van der Waals surface area (Å²) in [6.45, 7) is 1.75. The number of hydrogen-bond acceptors (Lipinski definition) is 3. The molecule has 0 aliphatic rings. The second-order valence-corrected chi connectivity index (χ2v) is 4.47. The van der Waals surface area contributed by atoms with Crippen molar-refractivity contribution in [1.82, 2.24) is 15.2 Å². The second-order valence-electron chi connectivity index (χ2n) is 3.62. The minimum Gasteiger partial charge on any atom is -0.290 e. The molecule has 1 aromatic heterocycles. The van der Waals surface area contributed by atoms with Crippen LogP contribution in [0, 0.1) is 6.92 Å². The van der Waals surface area contributed by atoms with E-state index < -0.39 is 5.91 Å². The zero-order chi connectivity index (χ0) is 13.3. The molecule has 0 saturated heterocycles. The highest BCUT2D eigenvalue weighted by molar-refractivity contribution is 6.35. The van der Waals surface area contributed by atoms with E-state index in [1.54, 1.807) is 29.8 Å². The van der Waals surface area contributed by atoms with Crippen LogP contribution in [0.4, 0.5) is 0 Å². The minimum absolute atomic E-state index is 0.392. The van der Waals surface area contributed by atoms with Gasteiger partial charge in [-0.25, -0.2) is 10.5 Å². The average molecular weight is 285 g/mol. The summed E-state index contributed by atoms with van der Waals surface area (Å²) in [6, 6.07) is 5.05. The van der Waals surface area contributed by atoms with Crippen LogP contribution in [-0.4, -0.2) is 15.7 Å². The summed E-state index contributed by atoms with van der Waals surface area (Å²) in [6.07, 6.45) is 1.43. The van der Waals surface area contributed by atoms with Gasteiger partial charge in [0.15, 0.2) is 0 Å². The number of carbonyl (C=O) groups is 1. The summed E-state index contributed by atoms with van der Waals surface area (Å²) in [5.74, 6) is 4.69. The van der Waals surface area contributed by atoms with Crippen LogP contribution in [0.2, 0.25) is 10.0 Å². The molecule has 94 valence electrons. The molecule has 7 heteroatoms. The number of nitrogens with zero attached hydrogens (tertiary/aromatic N) is 2. The smallest absolute Gasteiger partial charge is 0.268 e. The number of carbonyl (C=O) groups excluding carboxylic acids is 1. The third-order valence-electron chi connectivity index (χ3n) is 2.52. The Bertz CT molecular complexity index is 609. The van der Waals surface area contributed by atoms with Crippen LogP contribution in [0.5, 0.6) is 0 Å². The molecule has 0 saturated carbocycles. The lowest BCUT2D eigenvalue weighted by molar-refractivity contribution is 0.0953. The molecule has 3 N–H and O–H groups in total. The van der Waals surface area contributed by atoms with Gasteiger partial charge in [-0.3, -0.25) is 10.2 Å². The van der Waals surface area contributed by atoms with E-state index in [1.165, 1.54) is 6.20 Å². The van der Waals surface area contributed by atoms with E-state index in [9.17, 15) is 4.79 Å². The molecule has 18 heavy (non-hydrogen) atoms. The predicted octanol–water partition coefficient (Wildman–Crippen LogP) is 2.09. The fourth-order valence-electron chi connectivity index (χ4n) is 1.61. The largest absolute Gasteiger partial charge is 0.290 e. The van der Waals surface area contributed by atoms with Gasteiger partial charge in [0.05, 0.1) is 28.2 Å². The molecular weight excluding hydrogens is 275 g/mol. The Morgan fingerprint density at radius 3 is 2.78 bits per heavy atom. The molecule has 1 heterocycles. The number of rotatable bonds is 2. The molecule has 0 aliphatic heterocycles. The van der Waals surface area contributed by atoms with Crippen LogP contribution in [0.15, 0.2) is 24.4 Å². The zero-order valence-electron chi connectivity index (χ0n) is 9.45. The highest BCUT2D eigenvalue weighted by Gasteiger charge is 2.15. The summed E-state index contributed by atoms with van der Waals surface area (Å²) in [5.41, 5.74) is 3.75. The van der Waals surface area contributed by atoms with Crippen LogP contribution in [0.3, 0.4) is 0 Å². The average Bonchev–Trinajstić information content (AvgIpc) is 2.70. The number of halogens is 2. The number of hydrogen-bond donors (Lipinski definition) is 2. The van der Waals surface area contributed by atoms with E-state index in [0.29, 0.717) is 27.0 Å². The van der Waals surface area contributed by atoms with Crippen LogP contribution >= 0.6 is 23.2 Å². The maximum atomic E-state index is 11.5. The van der Waals surface area contributed by atoms with Gasteiger partial charge < -0.3 is 0 Å². The van der Waals surface area contributed by atoms with Gasteiger partial charge >= 0.3 is 0 Å². The molecular formula is C11H10Cl2N4O. The lowest BCUT2D eigenvalue weighted by Crippen LogP contribution is -2.30. The lowest BCUT2D eigenvalue weighted by Gasteiger charge is -2.07. The number of nitrogens with one attached hydrogen (secondary N) is 1. The van der Waals surface area contributed by atoms with E-state index in [-0.39, 0.29) is 0 Å².